The maximum atomic E-state index is 12.7. The van der Waals surface area contributed by atoms with E-state index in [-0.39, 0.29) is 11.7 Å². The predicted molar refractivity (Wildman–Crippen MR) is 68.5 cm³/mol. The van der Waals surface area contributed by atoms with E-state index in [4.69, 9.17) is 5.11 Å². The highest BCUT2D eigenvalue weighted by atomic mass is 32.2. The van der Waals surface area contributed by atoms with Crippen molar-refractivity contribution >= 4 is 21.7 Å². The van der Waals surface area contributed by atoms with Gasteiger partial charge >= 0.3 is 12.1 Å². The summed E-state index contributed by atoms with van der Waals surface area (Å²) in [6.45, 7) is 0. The van der Waals surface area contributed by atoms with Crippen LogP contribution in [0.25, 0.3) is 0 Å². The molecule has 0 atom stereocenters. The van der Waals surface area contributed by atoms with Crippen LogP contribution in [-0.2, 0) is 16.2 Å². The molecule has 1 aliphatic carbocycles. The van der Waals surface area contributed by atoms with E-state index in [0.717, 1.165) is 18.9 Å². The molecule has 2 rings (SSSR count). The lowest BCUT2D eigenvalue weighted by molar-refractivity contribution is -0.137. The van der Waals surface area contributed by atoms with E-state index in [0.29, 0.717) is 12.1 Å². The van der Waals surface area contributed by atoms with Crippen molar-refractivity contribution < 1.29 is 31.5 Å². The Labute approximate surface area is 118 Å². The molecule has 2 N–H and O–H groups in total. The highest BCUT2D eigenvalue weighted by Crippen LogP contribution is 2.33. The largest absolute Gasteiger partial charge is 0.478 e. The topological polar surface area (TPSA) is 83.5 Å². The number of carboxylic acids is 1. The summed E-state index contributed by atoms with van der Waals surface area (Å²) in [5.74, 6) is -1.72. The molecular weight excluding hydrogens is 311 g/mol. The maximum absolute atomic E-state index is 12.7. The van der Waals surface area contributed by atoms with Crippen molar-refractivity contribution in [1.29, 1.82) is 0 Å². The van der Waals surface area contributed by atoms with Crippen LogP contribution in [-0.4, -0.2) is 25.2 Å². The van der Waals surface area contributed by atoms with E-state index in [1.807, 2.05) is 4.72 Å². The van der Waals surface area contributed by atoms with Gasteiger partial charge in [-0.05, 0) is 37.0 Å². The average molecular weight is 323 g/mol. The number of rotatable bonds is 5. The van der Waals surface area contributed by atoms with Crippen LogP contribution in [0, 0.1) is 5.92 Å². The number of aromatic carboxylic acids is 1. The summed E-state index contributed by atoms with van der Waals surface area (Å²) in [5.41, 5.74) is -2.25. The van der Waals surface area contributed by atoms with Gasteiger partial charge in [0.15, 0.2) is 0 Å². The second kappa shape index (κ2) is 5.21. The Morgan fingerprint density at radius 1 is 1.29 bits per heavy atom. The number of nitrogens with one attached hydrogen (secondary N) is 1. The van der Waals surface area contributed by atoms with Crippen LogP contribution in [0.3, 0.4) is 0 Å². The summed E-state index contributed by atoms with van der Waals surface area (Å²) in [6, 6.07) is 1.90. The van der Waals surface area contributed by atoms with Gasteiger partial charge in [0, 0.05) is 5.69 Å². The van der Waals surface area contributed by atoms with Crippen molar-refractivity contribution in [1.82, 2.24) is 0 Å². The minimum atomic E-state index is -4.76. The monoisotopic (exact) mass is 323 g/mol. The molecule has 0 saturated heterocycles. The second-order valence-corrected chi connectivity index (χ2v) is 6.70. The lowest BCUT2D eigenvalue weighted by atomic mass is 10.1. The molecule has 0 amide bonds. The zero-order chi connectivity index (χ0) is 15.8. The summed E-state index contributed by atoms with van der Waals surface area (Å²) < 4.78 is 63.6. The van der Waals surface area contributed by atoms with E-state index in [9.17, 15) is 26.4 Å². The molecule has 0 spiro atoms. The van der Waals surface area contributed by atoms with Crippen molar-refractivity contribution in [3.05, 3.63) is 29.3 Å². The van der Waals surface area contributed by atoms with Crippen molar-refractivity contribution in [2.45, 2.75) is 19.0 Å². The second-order valence-electron chi connectivity index (χ2n) is 4.93. The van der Waals surface area contributed by atoms with Crippen LogP contribution < -0.4 is 4.72 Å². The third-order valence-electron chi connectivity index (χ3n) is 2.93. The quantitative estimate of drug-likeness (QED) is 0.872. The molecule has 21 heavy (non-hydrogen) atoms. The summed E-state index contributed by atoms with van der Waals surface area (Å²) in [4.78, 5) is 10.8. The first-order valence-corrected chi connectivity index (χ1v) is 7.68. The molecule has 5 nitrogen and oxygen atoms in total. The molecule has 0 aliphatic heterocycles. The van der Waals surface area contributed by atoms with E-state index in [1.54, 1.807) is 0 Å². The summed E-state index contributed by atoms with van der Waals surface area (Å²) in [6.07, 6.45) is -3.23. The number of carbonyl (C=O) groups is 1. The van der Waals surface area contributed by atoms with Gasteiger partial charge in [0.1, 0.15) is 0 Å². The first kappa shape index (κ1) is 15.6. The molecule has 0 radical (unpaired) electrons. The van der Waals surface area contributed by atoms with Gasteiger partial charge < -0.3 is 5.11 Å². The Balaban J connectivity index is 2.33. The van der Waals surface area contributed by atoms with Gasteiger partial charge in [0.2, 0.25) is 10.0 Å². The van der Waals surface area contributed by atoms with Crippen LogP contribution in [0.1, 0.15) is 28.8 Å². The molecule has 1 aliphatic rings. The van der Waals surface area contributed by atoms with E-state index in [1.165, 1.54) is 0 Å². The molecule has 1 fully saturated rings. The first-order chi connectivity index (χ1) is 9.57. The van der Waals surface area contributed by atoms with Crippen molar-refractivity contribution in [3.8, 4) is 0 Å². The van der Waals surface area contributed by atoms with Crippen molar-refractivity contribution in [3.63, 3.8) is 0 Å². The third kappa shape index (κ3) is 4.35. The molecule has 9 heteroatoms. The Kier molecular flexibility index (Phi) is 3.87. The Bertz CT molecular complexity index is 666. The van der Waals surface area contributed by atoms with Gasteiger partial charge in [-0.1, -0.05) is 0 Å². The molecule has 1 aromatic carbocycles. The maximum Gasteiger partial charge on any atom is 0.416 e. The van der Waals surface area contributed by atoms with Gasteiger partial charge in [-0.25, -0.2) is 13.2 Å². The minimum Gasteiger partial charge on any atom is -0.478 e. The number of alkyl halides is 3. The number of benzene rings is 1. The van der Waals surface area contributed by atoms with Crippen LogP contribution in [0.2, 0.25) is 0 Å². The Hall–Kier alpha value is -1.77. The van der Waals surface area contributed by atoms with Gasteiger partial charge in [0.25, 0.3) is 0 Å². The molecule has 1 saturated carbocycles. The van der Waals surface area contributed by atoms with E-state index in [2.05, 4.69) is 0 Å². The smallest absolute Gasteiger partial charge is 0.416 e. The molecular formula is C12H12F3NO4S. The number of anilines is 1. The lowest BCUT2D eigenvalue weighted by Crippen LogP contribution is -2.19. The number of sulfonamides is 1. The number of halogens is 3. The van der Waals surface area contributed by atoms with Gasteiger partial charge in [-0.3, -0.25) is 4.72 Å². The van der Waals surface area contributed by atoms with Crippen LogP contribution in [0.4, 0.5) is 18.9 Å². The van der Waals surface area contributed by atoms with Gasteiger partial charge in [-0.15, -0.1) is 0 Å². The van der Waals surface area contributed by atoms with Crippen LogP contribution in [0.5, 0.6) is 0 Å². The fourth-order valence-electron chi connectivity index (χ4n) is 1.79. The van der Waals surface area contributed by atoms with Crippen molar-refractivity contribution in [2.24, 2.45) is 5.92 Å². The normalized spacial score (nSPS) is 15.8. The number of hydrogen-bond donors (Lipinski definition) is 2. The number of hydrogen-bond acceptors (Lipinski definition) is 3. The fraction of sp³-hybridized carbons (Fsp3) is 0.417. The average Bonchev–Trinajstić information content (AvgIpc) is 3.09. The molecule has 1 aromatic rings. The highest BCUT2D eigenvalue weighted by molar-refractivity contribution is 7.92. The van der Waals surface area contributed by atoms with Crippen LogP contribution in [0.15, 0.2) is 18.2 Å². The van der Waals surface area contributed by atoms with Gasteiger partial charge in [0.05, 0.1) is 16.9 Å². The first-order valence-electron chi connectivity index (χ1n) is 6.03. The van der Waals surface area contributed by atoms with Crippen molar-refractivity contribution in [2.75, 3.05) is 10.5 Å². The van der Waals surface area contributed by atoms with Crippen LogP contribution >= 0.6 is 0 Å². The van der Waals surface area contributed by atoms with Gasteiger partial charge in [-0.2, -0.15) is 13.2 Å². The SMILES string of the molecule is O=C(O)c1cc(NS(=O)(=O)CC2CC2)cc(C(F)(F)F)c1. The summed E-state index contributed by atoms with van der Waals surface area (Å²) in [5, 5.41) is 8.81. The summed E-state index contributed by atoms with van der Waals surface area (Å²) >= 11 is 0. The Morgan fingerprint density at radius 2 is 1.90 bits per heavy atom. The van der Waals surface area contributed by atoms with E-state index < -0.39 is 39.0 Å². The minimum absolute atomic E-state index is 0.0206. The standard InChI is InChI=1S/C12H12F3NO4S/c13-12(14,15)9-3-8(11(17)18)4-10(5-9)16-21(19,20)6-7-1-2-7/h3-5,7,16H,1-2,6H2,(H,17,18). The molecule has 0 heterocycles. The predicted octanol–water partition coefficient (Wildman–Crippen LogP) is 2.56. The molecule has 116 valence electrons. The lowest BCUT2D eigenvalue weighted by Gasteiger charge is -2.12. The summed E-state index contributed by atoms with van der Waals surface area (Å²) in [7, 11) is -3.79. The molecule has 0 aromatic heterocycles. The Morgan fingerprint density at radius 3 is 2.38 bits per heavy atom. The fourth-order valence-corrected chi connectivity index (χ4v) is 3.30. The molecule has 0 bridgehead atoms. The van der Waals surface area contributed by atoms with E-state index >= 15 is 0 Å². The third-order valence-corrected chi connectivity index (χ3v) is 4.39. The highest BCUT2D eigenvalue weighted by Gasteiger charge is 2.33. The zero-order valence-electron chi connectivity index (χ0n) is 10.6. The molecule has 0 unspecified atom stereocenters. The number of carboxylic acid groups (broad SMARTS) is 1. The zero-order valence-corrected chi connectivity index (χ0v) is 11.5.